The van der Waals surface area contributed by atoms with Gasteiger partial charge in [-0.25, -0.2) is 9.97 Å². The van der Waals surface area contributed by atoms with Gasteiger partial charge in [0.05, 0.1) is 10.0 Å². The molecule has 0 fully saturated rings. The molecule has 0 saturated carbocycles. The molecule has 0 amide bonds. The average Bonchev–Trinajstić information content (AvgIpc) is 2.61. The Morgan fingerprint density at radius 1 is 1.04 bits per heavy atom. The first kappa shape index (κ1) is 19.6. The van der Waals surface area contributed by atoms with Gasteiger partial charge in [-0.15, -0.1) is 0 Å². The Hall–Kier alpha value is -2.15. The van der Waals surface area contributed by atoms with Crippen molar-refractivity contribution in [2.45, 2.75) is 6.42 Å². The minimum atomic E-state index is 0.331. The van der Waals surface area contributed by atoms with Crippen molar-refractivity contribution in [1.82, 2.24) is 19.9 Å². The van der Waals surface area contributed by atoms with Gasteiger partial charge in [0.25, 0.3) is 0 Å². The number of aromatic nitrogens is 3. The summed E-state index contributed by atoms with van der Waals surface area (Å²) in [5.74, 6) is 0.953. The van der Waals surface area contributed by atoms with E-state index in [4.69, 9.17) is 28.9 Å². The molecule has 3 rings (SSSR count). The smallest absolute Gasteiger partial charge is 0.227 e. The van der Waals surface area contributed by atoms with Gasteiger partial charge >= 0.3 is 0 Å². The Kier molecular flexibility index (Phi) is 5.99. The van der Waals surface area contributed by atoms with Gasteiger partial charge in [0.1, 0.15) is 5.82 Å². The molecule has 0 saturated heterocycles. The number of fused-ring (bicyclic) bond motifs is 1. The molecule has 8 heteroatoms. The summed E-state index contributed by atoms with van der Waals surface area (Å²) in [7, 11) is 6.09. The molecule has 0 aliphatic carbocycles. The lowest BCUT2D eigenvalue weighted by Gasteiger charge is -2.18. The predicted octanol–water partition coefficient (Wildman–Crippen LogP) is 3.97. The lowest BCUT2D eigenvalue weighted by atomic mass is 10.1. The molecule has 0 aliphatic rings. The SMILES string of the molecule is CN(C)CCCN(C)c1ncc2cc(-c3c(Cl)cccc3Cl)c(N)nc2n1. The highest BCUT2D eigenvalue weighted by Gasteiger charge is 2.15. The molecule has 6 nitrogen and oxygen atoms in total. The van der Waals surface area contributed by atoms with E-state index in [0.29, 0.717) is 38.6 Å². The number of nitrogens with zero attached hydrogens (tertiary/aromatic N) is 5. The summed E-state index contributed by atoms with van der Waals surface area (Å²) in [6, 6.07) is 7.21. The van der Waals surface area contributed by atoms with Crippen LogP contribution >= 0.6 is 23.2 Å². The van der Waals surface area contributed by atoms with Crippen LogP contribution in [0.15, 0.2) is 30.5 Å². The third-order valence-electron chi connectivity index (χ3n) is 4.26. The Morgan fingerprint density at radius 2 is 1.74 bits per heavy atom. The summed E-state index contributed by atoms with van der Waals surface area (Å²) in [6.07, 6.45) is 2.77. The van der Waals surface area contributed by atoms with Gasteiger partial charge in [0.15, 0.2) is 5.65 Å². The molecule has 0 spiro atoms. The van der Waals surface area contributed by atoms with Crippen molar-refractivity contribution in [1.29, 1.82) is 0 Å². The maximum absolute atomic E-state index is 6.32. The van der Waals surface area contributed by atoms with Crippen molar-refractivity contribution in [2.24, 2.45) is 0 Å². The number of pyridine rings is 1. The predicted molar refractivity (Wildman–Crippen MR) is 114 cm³/mol. The van der Waals surface area contributed by atoms with Crippen molar-refractivity contribution in [2.75, 3.05) is 44.9 Å². The van der Waals surface area contributed by atoms with Crippen LogP contribution in [0.4, 0.5) is 11.8 Å². The van der Waals surface area contributed by atoms with Crippen LogP contribution in [-0.4, -0.2) is 54.1 Å². The lowest BCUT2D eigenvalue weighted by molar-refractivity contribution is 0.401. The highest BCUT2D eigenvalue weighted by molar-refractivity contribution is 6.39. The Labute approximate surface area is 168 Å². The van der Waals surface area contributed by atoms with E-state index in [9.17, 15) is 0 Å². The first-order valence-corrected chi connectivity index (χ1v) is 9.36. The topological polar surface area (TPSA) is 71.2 Å². The number of nitrogens with two attached hydrogens (primary N) is 1. The first-order chi connectivity index (χ1) is 12.9. The van der Waals surface area contributed by atoms with Gasteiger partial charge < -0.3 is 15.5 Å². The molecule has 1 aromatic carbocycles. The maximum atomic E-state index is 6.32. The highest BCUT2D eigenvalue weighted by atomic mass is 35.5. The second-order valence-electron chi connectivity index (χ2n) is 6.68. The van der Waals surface area contributed by atoms with Crippen molar-refractivity contribution in [3.63, 3.8) is 0 Å². The minimum absolute atomic E-state index is 0.331. The number of rotatable bonds is 6. The van der Waals surface area contributed by atoms with Crippen LogP contribution in [0.2, 0.25) is 10.0 Å². The number of hydrogen-bond donors (Lipinski definition) is 1. The first-order valence-electron chi connectivity index (χ1n) is 8.60. The molecule has 2 heterocycles. The molecule has 2 N–H and O–H groups in total. The monoisotopic (exact) mass is 404 g/mol. The van der Waals surface area contributed by atoms with Gasteiger partial charge in [0, 0.05) is 36.3 Å². The fourth-order valence-electron chi connectivity index (χ4n) is 2.83. The standard InChI is InChI=1S/C19H22Cl2N6/c1-26(2)8-5-9-27(3)19-23-11-12-10-13(17(22)24-18(12)25-19)16-14(20)6-4-7-15(16)21/h4,6-7,10-11H,5,8-9H2,1-3H3,(H2,22,23,24,25). The molecule has 0 atom stereocenters. The molecule has 142 valence electrons. The van der Waals surface area contributed by atoms with E-state index in [-0.39, 0.29) is 0 Å². The molecule has 27 heavy (non-hydrogen) atoms. The van der Waals surface area contributed by atoms with E-state index >= 15 is 0 Å². The summed E-state index contributed by atoms with van der Waals surface area (Å²) < 4.78 is 0. The number of benzene rings is 1. The van der Waals surface area contributed by atoms with Crippen LogP contribution in [0.1, 0.15) is 6.42 Å². The Morgan fingerprint density at radius 3 is 2.41 bits per heavy atom. The third-order valence-corrected chi connectivity index (χ3v) is 4.89. The summed E-state index contributed by atoms with van der Waals surface area (Å²) in [5, 5.41) is 1.82. The summed E-state index contributed by atoms with van der Waals surface area (Å²) in [6.45, 7) is 1.86. The van der Waals surface area contributed by atoms with E-state index in [1.165, 1.54) is 0 Å². The molecule has 3 aromatic rings. The lowest BCUT2D eigenvalue weighted by Crippen LogP contribution is -2.24. The largest absolute Gasteiger partial charge is 0.383 e. The number of anilines is 2. The molecule has 0 aliphatic heterocycles. The van der Waals surface area contributed by atoms with Crippen LogP contribution in [0.3, 0.4) is 0 Å². The maximum Gasteiger partial charge on any atom is 0.227 e. The molecule has 0 unspecified atom stereocenters. The zero-order chi connectivity index (χ0) is 19.6. The van der Waals surface area contributed by atoms with Gasteiger partial charge in [0.2, 0.25) is 5.95 Å². The number of nitrogen functional groups attached to an aromatic ring is 1. The van der Waals surface area contributed by atoms with Crippen LogP contribution in [-0.2, 0) is 0 Å². The quantitative estimate of drug-likeness (QED) is 0.669. The average molecular weight is 405 g/mol. The van der Waals surface area contributed by atoms with Crippen molar-refractivity contribution < 1.29 is 0 Å². The fourth-order valence-corrected chi connectivity index (χ4v) is 3.43. The zero-order valence-electron chi connectivity index (χ0n) is 15.6. The van der Waals surface area contributed by atoms with Gasteiger partial charge in [-0.1, -0.05) is 29.3 Å². The van der Waals surface area contributed by atoms with Crippen LogP contribution in [0.25, 0.3) is 22.2 Å². The molecular weight excluding hydrogens is 383 g/mol. The van der Waals surface area contributed by atoms with Crippen LogP contribution in [0, 0.1) is 0 Å². The second-order valence-corrected chi connectivity index (χ2v) is 7.49. The number of halogens is 2. The Balaban J connectivity index is 1.94. The number of hydrogen-bond acceptors (Lipinski definition) is 6. The summed E-state index contributed by atoms with van der Waals surface area (Å²) >= 11 is 12.6. The van der Waals surface area contributed by atoms with Crippen molar-refractivity contribution in [3.05, 3.63) is 40.5 Å². The van der Waals surface area contributed by atoms with E-state index in [1.807, 2.05) is 18.0 Å². The summed E-state index contributed by atoms with van der Waals surface area (Å²) in [5.41, 5.74) is 8.07. The molecule has 0 bridgehead atoms. The van der Waals surface area contributed by atoms with Gasteiger partial charge in [-0.2, -0.15) is 4.98 Å². The minimum Gasteiger partial charge on any atom is -0.383 e. The molecule has 2 aromatic heterocycles. The second kappa shape index (κ2) is 8.25. The van der Waals surface area contributed by atoms with Crippen molar-refractivity contribution in [3.8, 4) is 11.1 Å². The van der Waals surface area contributed by atoms with Crippen LogP contribution in [0.5, 0.6) is 0 Å². The zero-order valence-corrected chi connectivity index (χ0v) is 17.1. The molecule has 0 radical (unpaired) electrons. The molecular formula is C19H22Cl2N6. The van der Waals surface area contributed by atoms with E-state index in [0.717, 1.165) is 24.9 Å². The van der Waals surface area contributed by atoms with E-state index < -0.39 is 0 Å². The Bertz CT molecular complexity index is 940. The van der Waals surface area contributed by atoms with E-state index in [1.54, 1.807) is 24.4 Å². The normalized spacial score (nSPS) is 11.3. The van der Waals surface area contributed by atoms with Crippen LogP contribution < -0.4 is 10.6 Å². The highest BCUT2D eigenvalue weighted by Crippen LogP contribution is 2.38. The fraction of sp³-hybridized carbons (Fsp3) is 0.316. The third kappa shape index (κ3) is 4.40. The van der Waals surface area contributed by atoms with Gasteiger partial charge in [-0.05, 0) is 45.3 Å². The van der Waals surface area contributed by atoms with Crippen molar-refractivity contribution >= 4 is 46.0 Å². The van der Waals surface area contributed by atoms with E-state index in [2.05, 4.69) is 33.9 Å². The van der Waals surface area contributed by atoms with Gasteiger partial charge in [-0.3, -0.25) is 0 Å². The summed E-state index contributed by atoms with van der Waals surface area (Å²) in [4.78, 5) is 17.7.